The highest BCUT2D eigenvalue weighted by Gasteiger charge is 2.26. The maximum absolute atomic E-state index is 11.7. The van der Waals surface area contributed by atoms with Crippen LogP contribution in [-0.4, -0.2) is 42.9 Å². The van der Waals surface area contributed by atoms with Crippen LogP contribution in [0.1, 0.15) is 19.3 Å². The van der Waals surface area contributed by atoms with Crippen LogP contribution in [0.5, 0.6) is 0 Å². The molecule has 0 bridgehead atoms. The van der Waals surface area contributed by atoms with Gasteiger partial charge < -0.3 is 9.64 Å². The highest BCUT2D eigenvalue weighted by molar-refractivity contribution is 5.83. The van der Waals surface area contributed by atoms with E-state index in [0.717, 1.165) is 13.2 Å². The zero-order valence-electron chi connectivity index (χ0n) is 8.20. The molecular formula is C10H15NO3. The van der Waals surface area contributed by atoms with Gasteiger partial charge in [-0.1, -0.05) is 0 Å². The molecule has 0 spiro atoms. The lowest BCUT2D eigenvalue weighted by Crippen LogP contribution is -2.41. The lowest BCUT2D eigenvalue weighted by molar-refractivity contribution is -0.139. The summed E-state index contributed by atoms with van der Waals surface area (Å²) in [5.41, 5.74) is 0. The second kappa shape index (κ2) is 4.09. The van der Waals surface area contributed by atoms with Crippen molar-refractivity contribution in [3.8, 4) is 0 Å². The summed E-state index contributed by atoms with van der Waals surface area (Å²) >= 11 is 0. The maximum atomic E-state index is 11.7. The lowest BCUT2D eigenvalue weighted by Gasteiger charge is -2.30. The minimum absolute atomic E-state index is 0.186. The molecule has 2 rings (SSSR count). The molecule has 0 aromatic rings. The molecule has 4 nitrogen and oxygen atoms in total. The summed E-state index contributed by atoms with van der Waals surface area (Å²) in [5, 5.41) is 0. The Kier molecular flexibility index (Phi) is 2.82. The normalized spacial score (nSPS) is 23.4. The molecule has 4 heteroatoms. The fraction of sp³-hybridized carbons (Fsp3) is 0.800. The number of rotatable bonds is 2. The Bertz CT molecular complexity index is 238. The van der Waals surface area contributed by atoms with Gasteiger partial charge in [-0.05, 0) is 0 Å². The van der Waals surface area contributed by atoms with Crippen molar-refractivity contribution in [2.75, 3.05) is 26.3 Å². The quantitative estimate of drug-likeness (QED) is 0.636. The van der Waals surface area contributed by atoms with Gasteiger partial charge in [-0.3, -0.25) is 9.59 Å². The number of carbonyl (C=O) groups excluding carboxylic acids is 2. The largest absolute Gasteiger partial charge is 0.381 e. The zero-order valence-corrected chi connectivity index (χ0v) is 8.20. The average Bonchev–Trinajstić information content (AvgIpc) is 2.12. The molecule has 78 valence electrons. The molecule has 2 saturated heterocycles. The summed E-state index contributed by atoms with van der Waals surface area (Å²) in [5.74, 6) is 0.881. The number of piperidine rings is 1. The van der Waals surface area contributed by atoms with Gasteiger partial charge in [0.05, 0.1) is 13.2 Å². The van der Waals surface area contributed by atoms with Crippen LogP contribution in [0.3, 0.4) is 0 Å². The highest BCUT2D eigenvalue weighted by atomic mass is 16.5. The Hall–Kier alpha value is -0.900. The van der Waals surface area contributed by atoms with E-state index in [9.17, 15) is 9.59 Å². The van der Waals surface area contributed by atoms with E-state index in [2.05, 4.69) is 0 Å². The summed E-state index contributed by atoms with van der Waals surface area (Å²) in [6.07, 6.45) is 1.66. The lowest BCUT2D eigenvalue weighted by atomic mass is 10.0. The van der Waals surface area contributed by atoms with E-state index in [1.807, 2.05) is 0 Å². The van der Waals surface area contributed by atoms with Crippen LogP contribution in [0.15, 0.2) is 0 Å². The van der Waals surface area contributed by atoms with Crippen LogP contribution < -0.4 is 0 Å². The Morgan fingerprint density at radius 3 is 2.50 bits per heavy atom. The van der Waals surface area contributed by atoms with Gasteiger partial charge in [0, 0.05) is 38.3 Å². The van der Waals surface area contributed by atoms with Crippen LogP contribution in [0.25, 0.3) is 0 Å². The summed E-state index contributed by atoms with van der Waals surface area (Å²) in [6.45, 7) is 2.67. The van der Waals surface area contributed by atoms with Crippen molar-refractivity contribution in [2.24, 2.45) is 5.92 Å². The summed E-state index contributed by atoms with van der Waals surface area (Å²) in [7, 11) is 0. The molecule has 2 aliphatic heterocycles. The van der Waals surface area contributed by atoms with Gasteiger partial charge in [-0.15, -0.1) is 0 Å². The Morgan fingerprint density at radius 2 is 2.00 bits per heavy atom. The third-order valence-corrected chi connectivity index (χ3v) is 2.84. The molecule has 1 amide bonds. The molecule has 0 atom stereocenters. The SMILES string of the molecule is O=C1CCN(C(=O)CC2COC2)CC1. The third kappa shape index (κ3) is 2.12. The van der Waals surface area contributed by atoms with E-state index < -0.39 is 0 Å². The number of hydrogen-bond acceptors (Lipinski definition) is 3. The van der Waals surface area contributed by atoms with E-state index in [0.29, 0.717) is 38.3 Å². The van der Waals surface area contributed by atoms with Crippen molar-refractivity contribution >= 4 is 11.7 Å². The Balaban J connectivity index is 1.76. The van der Waals surface area contributed by atoms with Crippen LogP contribution in [-0.2, 0) is 14.3 Å². The number of amides is 1. The highest BCUT2D eigenvalue weighted by Crippen LogP contribution is 2.17. The summed E-state index contributed by atoms with van der Waals surface area (Å²) in [6, 6.07) is 0. The number of ether oxygens (including phenoxy) is 1. The Labute approximate surface area is 83.2 Å². The van der Waals surface area contributed by atoms with Crippen molar-refractivity contribution in [3.05, 3.63) is 0 Å². The van der Waals surface area contributed by atoms with Crippen LogP contribution in [0.4, 0.5) is 0 Å². The molecule has 2 aliphatic rings. The molecule has 0 radical (unpaired) electrons. The van der Waals surface area contributed by atoms with Gasteiger partial charge in [-0.25, -0.2) is 0 Å². The predicted octanol–water partition coefficient (Wildman–Crippen LogP) is 0.214. The molecule has 0 aromatic heterocycles. The fourth-order valence-electron chi connectivity index (χ4n) is 1.78. The fourth-order valence-corrected chi connectivity index (χ4v) is 1.78. The number of nitrogens with zero attached hydrogens (tertiary/aromatic N) is 1. The number of carbonyl (C=O) groups is 2. The average molecular weight is 197 g/mol. The van der Waals surface area contributed by atoms with E-state index in [1.54, 1.807) is 4.90 Å². The molecule has 0 unspecified atom stereocenters. The number of ketones is 1. The second-order valence-corrected chi connectivity index (χ2v) is 4.03. The monoisotopic (exact) mass is 197 g/mol. The first-order valence-corrected chi connectivity index (χ1v) is 5.13. The third-order valence-electron chi connectivity index (χ3n) is 2.84. The van der Waals surface area contributed by atoms with Crippen molar-refractivity contribution < 1.29 is 14.3 Å². The van der Waals surface area contributed by atoms with Crippen molar-refractivity contribution in [2.45, 2.75) is 19.3 Å². The van der Waals surface area contributed by atoms with Crippen molar-refractivity contribution in [1.29, 1.82) is 0 Å². The van der Waals surface area contributed by atoms with Gasteiger partial charge in [0.1, 0.15) is 5.78 Å². The van der Waals surface area contributed by atoms with Gasteiger partial charge in [0.15, 0.2) is 0 Å². The molecule has 14 heavy (non-hydrogen) atoms. The molecular weight excluding hydrogens is 182 g/mol. The Morgan fingerprint density at radius 1 is 1.36 bits per heavy atom. The molecule has 0 N–H and O–H groups in total. The minimum atomic E-state index is 0.186. The van der Waals surface area contributed by atoms with Gasteiger partial charge in [-0.2, -0.15) is 0 Å². The zero-order chi connectivity index (χ0) is 9.97. The van der Waals surface area contributed by atoms with Crippen LogP contribution in [0, 0.1) is 5.92 Å². The predicted molar refractivity (Wildman–Crippen MR) is 49.7 cm³/mol. The maximum Gasteiger partial charge on any atom is 0.223 e. The molecule has 2 heterocycles. The molecule has 0 aliphatic carbocycles. The standard InChI is InChI=1S/C10H15NO3/c12-9-1-3-11(4-2-9)10(13)5-8-6-14-7-8/h8H,1-7H2. The van der Waals surface area contributed by atoms with E-state index >= 15 is 0 Å². The first kappa shape index (κ1) is 9.65. The minimum Gasteiger partial charge on any atom is -0.381 e. The number of likely N-dealkylation sites (tertiary alicyclic amines) is 1. The topological polar surface area (TPSA) is 46.6 Å². The molecule has 0 saturated carbocycles. The van der Waals surface area contributed by atoms with E-state index in [-0.39, 0.29) is 11.7 Å². The number of hydrogen-bond donors (Lipinski definition) is 0. The van der Waals surface area contributed by atoms with Gasteiger partial charge >= 0.3 is 0 Å². The van der Waals surface area contributed by atoms with E-state index in [4.69, 9.17) is 4.74 Å². The van der Waals surface area contributed by atoms with Crippen molar-refractivity contribution in [1.82, 2.24) is 4.90 Å². The van der Waals surface area contributed by atoms with Crippen molar-refractivity contribution in [3.63, 3.8) is 0 Å². The van der Waals surface area contributed by atoms with Crippen LogP contribution >= 0.6 is 0 Å². The van der Waals surface area contributed by atoms with Gasteiger partial charge in [0.25, 0.3) is 0 Å². The van der Waals surface area contributed by atoms with E-state index in [1.165, 1.54) is 0 Å². The van der Waals surface area contributed by atoms with Crippen LogP contribution in [0.2, 0.25) is 0 Å². The molecule has 0 aromatic carbocycles. The number of Topliss-reactive ketones (excluding diaryl/α,β-unsaturated/α-hetero) is 1. The smallest absolute Gasteiger partial charge is 0.223 e. The first-order valence-electron chi connectivity index (χ1n) is 5.13. The summed E-state index contributed by atoms with van der Waals surface area (Å²) in [4.78, 5) is 24.4. The summed E-state index contributed by atoms with van der Waals surface area (Å²) < 4.78 is 5.02. The second-order valence-electron chi connectivity index (χ2n) is 4.03. The van der Waals surface area contributed by atoms with Gasteiger partial charge in [0.2, 0.25) is 5.91 Å². The first-order chi connectivity index (χ1) is 6.75. The molecule has 2 fully saturated rings.